The summed E-state index contributed by atoms with van der Waals surface area (Å²) < 4.78 is 23.7. The highest BCUT2D eigenvalue weighted by atomic mass is 32.2. The van der Waals surface area contributed by atoms with Gasteiger partial charge in [0.05, 0.1) is 17.4 Å². The molecular formula is C24H24N2O4S. The number of carbonyl (C=O) groups excluding carboxylic acids is 2. The molecule has 0 aromatic heterocycles. The van der Waals surface area contributed by atoms with Crippen molar-refractivity contribution in [3.8, 4) is 0 Å². The number of amides is 2. The van der Waals surface area contributed by atoms with Gasteiger partial charge in [0.1, 0.15) is 0 Å². The van der Waals surface area contributed by atoms with Crippen molar-refractivity contribution in [2.45, 2.75) is 24.3 Å². The number of aryl methyl sites for hydroxylation is 1. The summed E-state index contributed by atoms with van der Waals surface area (Å²) in [5.74, 6) is -0.617. The molecule has 3 rings (SSSR count). The van der Waals surface area contributed by atoms with Gasteiger partial charge in [0.2, 0.25) is 5.91 Å². The van der Waals surface area contributed by atoms with E-state index in [0.717, 1.165) is 17.4 Å². The van der Waals surface area contributed by atoms with Gasteiger partial charge in [-0.3, -0.25) is 9.59 Å². The first kappa shape index (κ1) is 22.2. The van der Waals surface area contributed by atoms with E-state index in [4.69, 9.17) is 0 Å². The molecule has 0 spiro atoms. The Hall–Kier alpha value is -3.45. The van der Waals surface area contributed by atoms with Gasteiger partial charge in [-0.25, -0.2) is 8.42 Å². The Morgan fingerprint density at radius 2 is 1.52 bits per heavy atom. The van der Waals surface area contributed by atoms with E-state index in [1.165, 1.54) is 12.1 Å². The lowest BCUT2D eigenvalue weighted by atomic mass is 10.0. The van der Waals surface area contributed by atoms with Crippen molar-refractivity contribution >= 4 is 27.3 Å². The van der Waals surface area contributed by atoms with Crippen LogP contribution in [0.3, 0.4) is 0 Å². The minimum Gasteiger partial charge on any atom is -0.345 e. The standard InChI is InChI=1S/C24H24N2O4S/c1-17-13-14-20(31(2,29)30)15-21(17)25-23(27)16-22(18-9-5-3-6-10-18)26-24(28)19-11-7-4-8-12-19/h3-15,22H,16H2,1-2H3,(H,25,27)(H,26,28). The van der Waals surface area contributed by atoms with Crippen LogP contribution in [0.15, 0.2) is 83.8 Å². The second-order valence-corrected chi connectivity index (χ2v) is 9.32. The Labute approximate surface area is 182 Å². The number of rotatable bonds is 7. The summed E-state index contributed by atoms with van der Waals surface area (Å²) in [6, 6.07) is 22.1. The van der Waals surface area contributed by atoms with Gasteiger partial charge in [-0.2, -0.15) is 0 Å². The molecule has 0 saturated carbocycles. The molecule has 2 N–H and O–H groups in total. The topological polar surface area (TPSA) is 92.3 Å². The number of hydrogen-bond donors (Lipinski definition) is 2. The molecule has 160 valence electrons. The van der Waals surface area contributed by atoms with E-state index in [2.05, 4.69) is 10.6 Å². The summed E-state index contributed by atoms with van der Waals surface area (Å²) in [6.07, 6.45) is 1.11. The largest absolute Gasteiger partial charge is 0.345 e. The smallest absolute Gasteiger partial charge is 0.251 e. The maximum atomic E-state index is 12.8. The predicted molar refractivity (Wildman–Crippen MR) is 121 cm³/mol. The van der Waals surface area contributed by atoms with Crippen molar-refractivity contribution in [2.24, 2.45) is 0 Å². The predicted octanol–water partition coefficient (Wildman–Crippen LogP) is 3.90. The van der Waals surface area contributed by atoms with Gasteiger partial charge >= 0.3 is 0 Å². The molecule has 0 saturated heterocycles. The van der Waals surface area contributed by atoms with Crippen LogP contribution in [-0.2, 0) is 14.6 Å². The lowest BCUT2D eigenvalue weighted by molar-refractivity contribution is -0.116. The SMILES string of the molecule is Cc1ccc(S(C)(=O)=O)cc1NC(=O)CC(NC(=O)c1ccccc1)c1ccccc1. The first-order valence-electron chi connectivity index (χ1n) is 9.75. The van der Waals surface area contributed by atoms with Crippen LogP contribution >= 0.6 is 0 Å². The fraction of sp³-hybridized carbons (Fsp3) is 0.167. The van der Waals surface area contributed by atoms with Gasteiger partial charge in [0, 0.05) is 17.5 Å². The molecule has 3 aromatic rings. The van der Waals surface area contributed by atoms with Crippen molar-refractivity contribution in [1.82, 2.24) is 5.32 Å². The monoisotopic (exact) mass is 436 g/mol. The summed E-state index contributed by atoms with van der Waals surface area (Å²) in [5, 5.41) is 5.70. The molecular weight excluding hydrogens is 412 g/mol. The van der Waals surface area contributed by atoms with Crippen molar-refractivity contribution in [3.05, 3.63) is 95.6 Å². The van der Waals surface area contributed by atoms with E-state index in [1.807, 2.05) is 36.4 Å². The second-order valence-electron chi connectivity index (χ2n) is 7.30. The molecule has 3 aromatic carbocycles. The zero-order valence-corrected chi connectivity index (χ0v) is 18.1. The molecule has 2 amide bonds. The molecule has 0 radical (unpaired) electrons. The summed E-state index contributed by atoms with van der Waals surface area (Å²) >= 11 is 0. The fourth-order valence-corrected chi connectivity index (χ4v) is 3.77. The fourth-order valence-electron chi connectivity index (χ4n) is 3.12. The highest BCUT2D eigenvalue weighted by Gasteiger charge is 2.20. The normalized spacial score (nSPS) is 12.1. The molecule has 7 heteroatoms. The van der Waals surface area contributed by atoms with Crippen LogP contribution in [-0.4, -0.2) is 26.5 Å². The Morgan fingerprint density at radius 3 is 2.13 bits per heavy atom. The number of anilines is 1. The highest BCUT2D eigenvalue weighted by Crippen LogP contribution is 2.23. The molecule has 0 aliphatic carbocycles. The quantitative estimate of drug-likeness (QED) is 0.588. The molecule has 0 heterocycles. The number of sulfone groups is 1. The van der Waals surface area contributed by atoms with E-state index in [0.29, 0.717) is 11.3 Å². The third kappa shape index (κ3) is 6.02. The van der Waals surface area contributed by atoms with E-state index in [1.54, 1.807) is 37.3 Å². The van der Waals surface area contributed by atoms with Crippen LogP contribution in [0.25, 0.3) is 0 Å². The van der Waals surface area contributed by atoms with Crippen LogP contribution in [0.4, 0.5) is 5.69 Å². The highest BCUT2D eigenvalue weighted by molar-refractivity contribution is 7.90. The Balaban J connectivity index is 1.80. The first-order chi connectivity index (χ1) is 14.7. The van der Waals surface area contributed by atoms with Crippen molar-refractivity contribution in [2.75, 3.05) is 11.6 Å². The van der Waals surface area contributed by atoms with Gasteiger partial charge in [0.15, 0.2) is 9.84 Å². The molecule has 0 fully saturated rings. The van der Waals surface area contributed by atoms with Gasteiger partial charge in [-0.05, 0) is 42.3 Å². The van der Waals surface area contributed by atoms with Crippen molar-refractivity contribution in [3.63, 3.8) is 0 Å². The van der Waals surface area contributed by atoms with Gasteiger partial charge in [-0.15, -0.1) is 0 Å². The van der Waals surface area contributed by atoms with Crippen LogP contribution < -0.4 is 10.6 Å². The molecule has 6 nitrogen and oxygen atoms in total. The van der Waals surface area contributed by atoms with Crippen LogP contribution in [0.5, 0.6) is 0 Å². The minimum absolute atomic E-state index is 0.00880. The average molecular weight is 437 g/mol. The molecule has 0 aliphatic rings. The third-order valence-corrected chi connectivity index (χ3v) is 5.95. The molecule has 1 atom stereocenters. The van der Waals surface area contributed by atoms with Crippen LogP contribution in [0.1, 0.15) is 33.9 Å². The first-order valence-corrected chi connectivity index (χ1v) is 11.6. The zero-order chi connectivity index (χ0) is 22.4. The van der Waals surface area contributed by atoms with E-state index in [-0.39, 0.29) is 23.1 Å². The lowest BCUT2D eigenvalue weighted by Crippen LogP contribution is -2.31. The van der Waals surface area contributed by atoms with Gasteiger partial charge < -0.3 is 10.6 Å². The third-order valence-electron chi connectivity index (χ3n) is 4.84. The Bertz CT molecular complexity index is 1180. The minimum atomic E-state index is -3.40. The molecule has 31 heavy (non-hydrogen) atoms. The van der Waals surface area contributed by atoms with Crippen LogP contribution in [0, 0.1) is 6.92 Å². The van der Waals surface area contributed by atoms with Crippen LogP contribution in [0.2, 0.25) is 0 Å². The Morgan fingerprint density at radius 1 is 0.903 bits per heavy atom. The van der Waals surface area contributed by atoms with E-state index < -0.39 is 15.9 Å². The summed E-state index contributed by atoms with van der Waals surface area (Å²) in [7, 11) is -3.40. The van der Waals surface area contributed by atoms with E-state index in [9.17, 15) is 18.0 Å². The molecule has 0 bridgehead atoms. The summed E-state index contributed by atoms with van der Waals surface area (Å²) in [4.78, 5) is 25.6. The number of hydrogen-bond acceptors (Lipinski definition) is 4. The number of benzene rings is 3. The number of carbonyl (C=O) groups is 2. The number of nitrogens with one attached hydrogen (secondary N) is 2. The maximum Gasteiger partial charge on any atom is 0.251 e. The lowest BCUT2D eigenvalue weighted by Gasteiger charge is -2.20. The Kier molecular flexibility index (Phi) is 6.87. The van der Waals surface area contributed by atoms with Gasteiger partial charge in [-0.1, -0.05) is 54.6 Å². The van der Waals surface area contributed by atoms with Gasteiger partial charge in [0.25, 0.3) is 5.91 Å². The summed E-state index contributed by atoms with van der Waals surface area (Å²) in [6.45, 7) is 1.79. The van der Waals surface area contributed by atoms with Crippen molar-refractivity contribution in [1.29, 1.82) is 0 Å². The second kappa shape index (κ2) is 9.57. The average Bonchev–Trinajstić information content (AvgIpc) is 2.75. The van der Waals surface area contributed by atoms with Crippen molar-refractivity contribution < 1.29 is 18.0 Å². The van der Waals surface area contributed by atoms with E-state index >= 15 is 0 Å². The summed E-state index contributed by atoms with van der Waals surface area (Å²) in [5.41, 5.74) is 2.46. The zero-order valence-electron chi connectivity index (χ0n) is 17.3. The molecule has 0 aliphatic heterocycles. The maximum absolute atomic E-state index is 12.8. The molecule has 1 unspecified atom stereocenters.